The molecular formula is C14H27ClO2. The molecule has 0 aromatic rings. The van der Waals surface area contributed by atoms with Crippen LogP contribution in [0.25, 0.3) is 0 Å². The van der Waals surface area contributed by atoms with Gasteiger partial charge in [-0.2, -0.15) is 0 Å². The van der Waals surface area contributed by atoms with Crippen LogP contribution in [0.4, 0.5) is 0 Å². The van der Waals surface area contributed by atoms with Crippen molar-refractivity contribution in [2.75, 3.05) is 19.8 Å². The van der Waals surface area contributed by atoms with Crippen molar-refractivity contribution in [2.24, 2.45) is 5.41 Å². The Morgan fingerprint density at radius 2 is 1.82 bits per heavy atom. The lowest BCUT2D eigenvalue weighted by atomic mass is 9.62. The first-order valence-corrected chi connectivity index (χ1v) is 7.48. The highest BCUT2D eigenvalue weighted by molar-refractivity contribution is 6.21. The quantitative estimate of drug-likeness (QED) is 0.462. The van der Waals surface area contributed by atoms with Crippen LogP contribution in [-0.4, -0.2) is 31.3 Å². The second kappa shape index (κ2) is 7.60. The number of hydrogen-bond acceptors (Lipinski definition) is 2. The van der Waals surface area contributed by atoms with E-state index in [1.807, 2.05) is 0 Å². The number of halogens is 1. The molecule has 2 atom stereocenters. The lowest BCUT2D eigenvalue weighted by Crippen LogP contribution is -2.55. The lowest BCUT2D eigenvalue weighted by molar-refractivity contribution is -0.122. The van der Waals surface area contributed by atoms with Crippen molar-refractivity contribution >= 4 is 11.6 Å². The highest BCUT2D eigenvalue weighted by atomic mass is 35.5. The third-order valence-corrected chi connectivity index (χ3v) is 4.80. The van der Waals surface area contributed by atoms with Crippen molar-refractivity contribution in [2.45, 2.75) is 64.4 Å². The summed E-state index contributed by atoms with van der Waals surface area (Å²) >= 11 is 6.34. The molecule has 0 aromatic heterocycles. The van der Waals surface area contributed by atoms with Gasteiger partial charge in [0.1, 0.15) is 0 Å². The van der Waals surface area contributed by atoms with E-state index in [-0.39, 0.29) is 5.41 Å². The standard InChI is InChI=1S/C14H27ClO2/c1-4-7-8-16-9-10-17-13-11-12(15)14(13,5-2)6-3/h12-13H,4-11H2,1-3H3. The van der Waals surface area contributed by atoms with Gasteiger partial charge in [-0.3, -0.25) is 0 Å². The predicted octanol–water partition coefficient (Wildman–Crippen LogP) is 4.01. The fourth-order valence-corrected chi connectivity index (χ4v) is 3.29. The molecule has 0 bridgehead atoms. The van der Waals surface area contributed by atoms with E-state index in [9.17, 15) is 0 Å². The van der Waals surface area contributed by atoms with Gasteiger partial charge in [-0.1, -0.05) is 27.2 Å². The van der Waals surface area contributed by atoms with Crippen molar-refractivity contribution < 1.29 is 9.47 Å². The van der Waals surface area contributed by atoms with Crippen molar-refractivity contribution in [1.29, 1.82) is 0 Å². The topological polar surface area (TPSA) is 18.5 Å². The first-order chi connectivity index (χ1) is 8.21. The van der Waals surface area contributed by atoms with Crippen LogP contribution in [0.5, 0.6) is 0 Å². The molecule has 2 nitrogen and oxygen atoms in total. The lowest BCUT2D eigenvalue weighted by Gasteiger charge is -2.52. The van der Waals surface area contributed by atoms with Gasteiger partial charge in [-0.05, 0) is 25.7 Å². The summed E-state index contributed by atoms with van der Waals surface area (Å²) in [4.78, 5) is 0. The Labute approximate surface area is 111 Å². The van der Waals surface area contributed by atoms with Crippen molar-refractivity contribution in [3.8, 4) is 0 Å². The highest BCUT2D eigenvalue weighted by Gasteiger charge is 2.52. The maximum absolute atomic E-state index is 6.34. The van der Waals surface area contributed by atoms with Crippen molar-refractivity contribution in [3.05, 3.63) is 0 Å². The summed E-state index contributed by atoms with van der Waals surface area (Å²) in [5.41, 5.74) is 0.213. The van der Waals surface area contributed by atoms with Gasteiger partial charge >= 0.3 is 0 Å². The van der Waals surface area contributed by atoms with E-state index in [1.54, 1.807) is 0 Å². The average molecular weight is 263 g/mol. The summed E-state index contributed by atoms with van der Waals surface area (Å²) in [6, 6.07) is 0. The van der Waals surface area contributed by atoms with Crippen LogP contribution in [-0.2, 0) is 9.47 Å². The van der Waals surface area contributed by atoms with Crippen molar-refractivity contribution in [3.63, 3.8) is 0 Å². The molecule has 0 aliphatic heterocycles. The average Bonchev–Trinajstić information content (AvgIpc) is 2.34. The summed E-state index contributed by atoms with van der Waals surface area (Å²) in [5, 5.41) is 0.295. The summed E-state index contributed by atoms with van der Waals surface area (Å²) in [6.07, 6.45) is 5.89. The van der Waals surface area contributed by atoms with Gasteiger partial charge in [0.15, 0.2) is 0 Å². The Morgan fingerprint density at radius 3 is 2.35 bits per heavy atom. The van der Waals surface area contributed by atoms with Crippen LogP contribution in [0.1, 0.15) is 52.9 Å². The Bertz CT molecular complexity index is 204. The van der Waals surface area contributed by atoms with E-state index in [2.05, 4.69) is 20.8 Å². The molecule has 1 fully saturated rings. The molecule has 0 radical (unpaired) electrons. The third-order valence-electron chi connectivity index (χ3n) is 4.19. The smallest absolute Gasteiger partial charge is 0.0704 e. The van der Waals surface area contributed by atoms with E-state index >= 15 is 0 Å². The molecule has 17 heavy (non-hydrogen) atoms. The minimum absolute atomic E-state index is 0.213. The summed E-state index contributed by atoms with van der Waals surface area (Å²) in [5.74, 6) is 0. The monoisotopic (exact) mass is 262 g/mol. The van der Waals surface area contributed by atoms with Crippen LogP contribution in [0, 0.1) is 5.41 Å². The number of hydrogen-bond donors (Lipinski definition) is 0. The Balaban J connectivity index is 2.15. The van der Waals surface area contributed by atoms with Gasteiger partial charge in [0.05, 0.1) is 19.3 Å². The summed E-state index contributed by atoms with van der Waals surface area (Å²) < 4.78 is 11.4. The van der Waals surface area contributed by atoms with Gasteiger partial charge in [-0.15, -0.1) is 11.6 Å². The van der Waals surface area contributed by atoms with E-state index in [0.29, 0.717) is 24.7 Å². The summed E-state index contributed by atoms with van der Waals surface area (Å²) in [7, 11) is 0. The van der Waals surface area contributed by atoms with Crippen molar-refractivity contribution in [1.82, 2.24) is 0 Å². The summed E-state index contributed by atoms with van der Waals surface area (Å²) in [6.45, 7) is 8.88. The van der Waals surface area contributed by atoms with E-state index < -0.39 is 0 Å². The Kier molecular flexibility index (Phi) is 6.83. The molecule has 1 aliphatic carbocycles. The number of alkyl halides is 1. The van der Waals surface area contributed by atoms with E-state index in [0.717, 1.165) is 32.3 Å². The van der Waals surface area contributed by atoms with Gasteiger partial charge in [0, 0.05) is 17.4 Å². The fraction of sp³-hybridized carbons (Fsp3) is 1.00. The number of rotatable bonds is 9. The molecule has 0 heterocycles. The minimum Gasteiger partial charge on any atom is -0.379 e. The van der Waals surface area contributed by atoms with Crippen LogP contribution >= 0.6 is 11.6 Å². The van der Waals surface area contributed by atoms with E-state index in [1.165, 1.54) is 6.42 Å². The zero-order chi connectivity index (χ0) is 12.7. The predicted molar refractivity (Wildman–Crippen MR) is 72.7 cm³/mol. The highest BCUT2D eigenvalue weighted by Crippen LogP contribution is 2.51. The normalized spacial score (nSPS) is 26.8. The molecule has 0 saturated heterocycles. The first kappa shape index (κ1) is 15.3. The van der Waals surface area contributed by atoms with Crippen LogP contribution < -0.4 is 0 Å². The number of unbranched alkanes of at least 4 members (excludes halogenated alkanes) is 1. The van der Waals surface area contributed by atoms with Gasteiger partial charge in [-0.25, -0.2) is 0 Å². The Morgan fingerprint density at radius 1 is 1.12 bits per heavy atom. The second-order valence-corrected chi connectivity index (χ2v) is 5.50. The molecule has 0 amide bonds. The van der Waals surface area contributed by atoms with Gasteiger partial charge in [0.25, 0.3) is 0 Å². The zero-order valence-electron chi connectivity index (χ0n) is 11.5. The molecular weight excluding hydrogens is 236 g/mol. The molecule has 0 spiro atoms. The molecule has 2 unspecified atom stereocenters. The molecule has 0 N–H and O–H groups in total. The maximum Gasteiger partial charge on any atom is 0.0704 e. The zero-order valence-corrected chi connectivity index (χ0v) is 12.3. The molecule has 1 aliphatic rings. The largest absolute Gasteiger partial charge is 0.379 e. The van der Waals surface area contributed by atoms with Crippen LogP contribution in [0.3, 0.4) is 0 Å². The van der Waals surface area contributed by atoms with Crippen LogP contribution in [0.15, 0.2) is 0 Å². The van der Waals surface area contributed by atoms with Gasteiger partial charge < -0.3 is 9.47 Å². The molecule has 1 saturated carbocycles. The van der Waals surface area contributed by atoms with Gasteiger partial charge in [0.2, 0.25) is 0 Å². The number of ether oxygens (including phenoxy) is 2. The third kappa shape index (κ3) is 3.59. The SMILES string of the molecule is CCCCOCCOC1CC(Cl)C1(CC)CC. The Hall–Kier alpha value is 0.210. The van der Waals surface area contributed by atoms with E-state index in [4.69, 9.17) is 21.1 Å². The fourth-order valence-electron chi connectivity index (χ4n) is 2.68. The maximum atomic E-state index is 6.34. The first-order valence-electron chi connectivity index (χ1n) is 7.04. The molecule has 0 aromatic carbocycles. The van der Waals surface area contributed by atoms with Crippen LogP contribution in [0.2, 0.25) is 0 Å². The second-order valence-electron chi connectivity index (χ2n) is 4.97. The minimum atomic E-state index is 0.213. The molecule has 102 valence electrons. The molecule has 1 rings (SSSR count). The molecule has 3 heteroatoms.